The molecule has 0 aliphatic rings. The second-order valence-electron chi connectivity index (χ2n) is 4.76. The van der Waals surface area contributed by atoms with Crippen LogP contribution in [0, 0.1) is 0 Å². The second-order valence-corrected chi connectivity index (χ2v) is 4.76. The van der Waals surface area contributed by atoms with E-state index < -0.39 is 11.7 Å². The minimum absolute atomic E-state index is 0.132. The van der Waals surface area contributed by atoms with Crippen molar-refractivity contribution in [2.24, 2.45) is 0 Å². The zero-order valence-electron chi connectivity index (χ0n) is 12.0. The Bertz CT molecular complexity index is 393. The Morgan fingerprint density at radius 1 is 1.25 bits per heavy atom. The number of halogens is 3. The molecular formula is C15H22F3NO. The number of benzene rings is 1. The van der Waals surface area contributed by atoms with Gasteiger partial charge in [0.05, 0.1) is 12.2 Å². The smallest absolute Gasteiger partial charge is 0.380 e. The zero-order valence-corrected chi connectivity index (χ0v) is 12.0. The van der Waals surface area contributed by atoms with Gasteiger partial charge in [-0.1, -0.05) is 25.5 Å². The molecule has 1 atom stereocenters. The lowest BCUT2D eigenvalue weighted by molar-refractivity contribution is -0.137. The summed E-state index contributed by atoms with van der Waals surface area (Å²) in [5.74, 6) is 0. The summed E-state index contributed by atoms with van der Waals surface area (Å²) in [5, 5.41) is 3.16. The van der Waals surface area contributed by atoms with Gasteiger partial charge in [-0.3, -0.25) is 0 Å². The summed E-state index contributed by atoms with van der Waals surface area (Å²) in [6, 6.07) is 5.28. The van der Waals surface area contributed by atoms with E-state index in [9.17, 15) is 13.2 Å². The lowest BCUT2D eigenvalue weighted by atomic mass is 10.0. The molecule has 0 bridgehead atoms. The Morgan fingerprint density at radius 2 is 2.00 bits per heavy atom. The summed E-state index contributed by atoms with van der Waals surface area (Å²) < 4.78 is 43.2. The number of hydrogen-bond donors (Lipinski definition) is 1. The van der Waals surface area contributed by atoms with Crippen LogP contribution in [0.25, 0.3) is 0 Å². The minimum atomic E-state index is -4.29. The Kier molecular flexibility index (Phi) is 7.02. The van der Waals surface area contributed by atoms with Gasteiger partial charge in [-0.15, -0.1) is 0 Å². The maximum Gasteiger partial charge on any atom is 0.416 e. The van der Waals surface area contributed by atoms with Crippen LogP contribution in [0.2, 0.25) is 0 Å². The molecule has 20 heavy (non-hydrogen) atoms. The first-order chi connectivity index (χ1) is 9.45. The number of hydrogen-bond acceptors (Lipinski definition) is 2. The fourth-order valence-electron chi connectivity index (χ4n) is 1.80. The highest BCUT2D eigenvalue weighted by atomic mass is 19.4. The standard InChI is InChI=1S/C15H22F3NO/c1-3-4-9-20-10-8-19-12(2)13-6-5-7-14(11-13)15(16,17)18/h5-7,11-12,19H,3-4,8-10H2,1-2H3. The molecule has 0 saturated carbocycles. The predicted octanol–water partition coefficient (Wildman–Crippen LogP) is 4.17. The molecule has 0 spiro atoms. The highest BCUT2D eigenvalue weighted by Gasteiger charge is 2.30. The van der Waals surface area contributed by atoms with Gasteiger partial charge < -0.3 is 10.1 Å². The van der Waals surface area contributed by atoms with E-state index in [1.807, 2.05) is 6.92 Å². The van der Waals surface area contributed by atoms with E-state index >= 15 is 0 Å². The molecule has 0 saturated heterocycles. The molecule has 1 aromatic carbocycles. The summed E-state index contributed by atoms with van der Waals surface area (Å²) in [5.41, 5.74) is 0.0243. The van der Waals surface area contributed by atoms with Crippen LogP contribution >= 0.6 is 0 Å². The molecule has 5 heteroatoms. The first-order valence-corrected chi connectivity index (χ1v) is 6.93. The van der Waals surface area contributed by atoms with Gasteiger partial charge in [-0.25, -0.2) is 0 Å². The van der Waals surface area contributed by atoms with Gasteiger partial charge in [0, 0.05) is 19.2 Å². The number of nitrogens with one attached hydrogen (secondary N) is 1. The number of ether oxygens (including phenoxy) is 1. The Labute approximate surface area is 118 Å². The van der Waals surface area contributed by atoms with E-state index in [1.54, 1.807) is 6.07 Å². The van der Waals surface area contributed by atoms with Gasteiger partial charge in [-0.05, 0) is 31.0 Å². The van der Waals surface area contributed by atoms with Crippen molar-refractivity contribution in [2.45, 2.75) is 38.9 Å². The molecule has 1 N–H and O–H groups in total. The van der Waals surface area contributed by atoms with Gasteiger partial charge in [0.15, 0.2) is 0 Å². The summed E-state index contributed by atoms with van der Waals surface area (Å²) in [7, 11) is 0. The molecule has 2 nitrogen and oxygen atoms in total. The largest absolute Gasteiger partial charge is 0.416 e. The van der Waals surface area contributed by atoms with Crippen molar-refractivity contribution in [1.82, 2.24) is 5.32 Å². The van der Waals surface area contributed by atoms with Crippen molar-refractivity contribution in [1.29, 1.82) is 0 Å². The van der Waals surface area contributed by atoms with E-state index in [2.05, 4.69) is 12.2 Å². The van der Waals surface area contributed by atoms with Crippen molar-refractivity contribution in [3.05, 3.63) is 35.4 Å². The monoisotopic (exact) mass is 289 g/mol. The van der Waals surface area contributed by atoms with E-state index in [0.717, 1.165) is 25.5 Å². The van der Waals surface area contributed by atoms with E-state index in [4.69, 9.17) is 4.74 Å². The van der Waals surface area contributed by atoms with E-state index in [0.29, 0.717) is 18.7 Å². The van der Waals surface area contributed by atoms with Crippen LogP contribution in [0.3, 0.4) is 0 Å². The molecule has 0 radical (unpaired) electrons. The summed E-state index contributed by atoms with van der Waals surface area (Å²) >= 11 is 0. The van der Waals surface area contributed by atoms with Gasteiger partial charge in [0.25, 0.3) is 0 Å². The maximum atomic E-state index is 12.6. The van der Waals surface area contributed by atoms with Crippen LogP contribution in [0.1, 0.15) is 43.9 Å². The Morgan fingerprint density at radius 3 is 2.65 bits per heavy atom. The first kappa shape index (κ1) is 17.0. The Hall–Kier alpha value is -1.07. The molecule has 0 aliphatic heterocycles. The molecule has 1 rings (SSSR count). The topological polar surface area (TPSA) is 21.3 Å². The second kappa shape index (κ2) is 8.27. The molecule has 0 heterocycles. The van der Waals surface area contributed by atoms with E-state index in [-0.39, 0.29) is 6.04 Å². The van der Waals surface area contributed by atoms with Crippen molar-refractivity contribution >= 4 is 0 Å². The molecule has 1 aromatic rings. The quantitative estimate of drug-likeness (QED) is 0.725. The molecule has 0 aromatic heterocycles. The van der Waals surface area contributed by atoms with Crippen LogP contribution in [0.4, 0.5) is 13.2 Å². The summed E-state index contributed by atoms with van der Waals surface area (Å²) in [6.45, 7) is 5.87. The fraction of sp³-hybridized carbons (Fsp3) is 0.600. The predicted molar refractivity (Wildman–Crippen MR) is 73.6 cm³/mol. The molecule has 0 amide bonds. The molecule has 0 fully saturated rings. The first-order valence-electron chi connectivity index (χ1n) is 6.93. The average Bonchev–Trinajstić information content (AvgIpc) is 2.41. The van der Waals surface area contributed by atoms with Crippen LogP contribution < -0.4 is 5.32 Å². The third-order valence-corrected chi connectivity index (χ3v) is 3.05. The molecule has 1 unspecified atom stereocenters. The summed E-state index contributed by atoms with van der Waals surface area (Å²) in [6.07, 6.45) is -2.17. The van der Waals surface area contributed by atoms with Crippen molar-refractivity contribution in [3.8, 4) is 0 Å². The Balaban J connectivity index is 2.41. The van der Waals surface area contributed by atoms with Crippen LogP contribution in [0.15, 0.2) is 24.3 Å². The maximum absolute atomic E-state index is 12.6. The number of alkyl halides is 3. The van der Waals surface area contributed by atoms with Crippen molar-refractivity contribution in [2.75, 3.05) is 19.8 Å². The lowest BCUT2D eigenvalue weighted by Gasteiger charge is -2.16. The van der Waals surface area contributed by atoms with Gasteiger partial charge in [0.2, 0.25) is 0 Å². The number of rotatable bonds is 8. The molecule has 0 aliphatic carbocycles. The van der Waals surface area contributed by atoms with Crippen molar-refractivity contribution < 1.29 is 17.9 Å². The van der Waals surface area contributed by atoms with Crippen molar-refractivity contribution in [3.63, 3.8) is 0 Å². The minimum Gasteiger partial charge on any atom is -0.380 e. The highest BCUT2D eigenvalue weighted by molar-refractivity contribution is 5.27. The van der Waals surface area contributed by atoms with Crippen LogP contribution in [0.5, 0.6) is 0 Å². The molecular weight excluding hydrogens is 267 g/mol. The van der Waals surface area contributed by atoms with Gasteiger partial charge >= 0.3 is 6.18 Å². The summed E-state index contributed by atoms with van der Waals surface area (Å²) in [4.78, 5) is 0. The third-order valence-electron chi connectivity index (χ3n) is 3.05. The van der Waals surface area contributed by atoms with Crippen LogP contribution in [-0.4, -0.2) is 19.8 Å². The lowest BCUT2D eigenvalue weighted by Crippen LogP contribution is -2.23. The molecule has 114 valence electrons. The third kappa shape index (κ3) is 5.92. The van der Waals surface area contributed by atoms with E-state index in [1.165, 1.54) is 12.1 Å². The fourth-order valence-corrected chi connectivity index (χ4v) is 1.80. The normalized spacial score (nSPS) is 13.4. The zero-order chi connectivity index (χ0) is 15.0. The average molecular weight is 289 g/mol. The van der Waals surface area contributed by atoms with Gasteiger partial charge in [0.1, 0.15) is 0 Å². The van der Waals surface area contributed by atoms with Gasteiger partial charge in [-0.2, -0.15) is 13.2 Å². The SMILES string of the molecule is CCCCOCCNC(C)c1cccc(C(F)(F)F)c1. The number of unbranched alkanes of at least 4 members (excludes halogenated alkanes) is 1. The highest BCUT2D eigenvalue weighted by Crippen LogP contribution is 2.30. The van der Waals surface area contributed by atoms with Crippen LogP contribution in [-0.2, 0) is 10.9 Å².